The summed E-state index contributed by atoms with van der Waals surface area (Å²) in [5, 5.41) is 5.31. The van der Waals surface area contributed by atoms with Gasteiger partial charge in [-0.2, -0.15) is 0 Å². The minimum absolute atomic E-state index is 0.230. The van der Waals surface area contributed by atoms with E-state index in [1.165, 1.54) is 5.39 Å². The third-order valence-electron chi connectivity index (χ3n) is 2.14. The third kappa shape index (κ3) is 1.59. The normalized spacial score (nSPS) is 10.0. The van der Waals surface area contributed by atoms with Crippen molar-refractivity contribution in [3.05, 3.63) is 42.5 Å². The highest BCUT2D eigenvalue weighted by Crippen LogP contribution is 2.22. The van der Waals surface area contributed by atoms with Gasteiger partial charge in [-0.15, -0.1) is 0 Å². The summed E-state index contributed by atoms with van der Waals surface area (Å²) in [6.07, 6.45) is 1.82. The topological polar surface area (TPSA) is 29.1 Å². The van der Waals surface area contributed by atoms with Crippen LogP contribution in [0.5, 0.6) is 0 Å². The van der Waals surface area contributed by atoms with Gasteiger partial charge in [-0.25, -0.2) is 0 Å². The molecule has 0 unspecified atom stereocenters. The fourth-order valence-corrected chi connectivity index (χ4v) is 1.51. The third-order valence-corrected chi connectivity index (χ3v) is 2.14. The minimum atomic E-state index is 0.230. The molecule has 1 N–H and O–H groups in total. The average molecular weight is 184 g/mol. The molecule has 0 saturated carbocycles. The highest BCUT2D eigenvalue weighted by molar-refractivity contribution is 5.94. The van der Waals surface area contributed by atoms with Crippen LogP contribution < -0.4 is 5.32 Å². The maximum absolute atomic E-state index is 10.1. The van der Waals surface area contributed by atoms with Gasteiger partial charge in [0.25, 0.3) is 0 Å². The Bertz CT molecular complexity index is 446. The quantitative estimate of drug-likeness (QED) is 0.793. The van der Waals surface area contributed by atoms with Crippen molar-refractivity contribution in [1.82, 2.24) is 0 Å². The number of hydrogen-bond donors (Lipinski definition) is 1. The van der Waals surface area contributed by atoms with E-state index in [0.29, 0.717) is 0 Å². The van der Waals surface area contributed by atoms with Gasteiger partial charge < -0.3 is 5.32 Å². The lowest BCUT2D eigenvalue weighted by Crippen LogP contribution is -2.01. The number of benzene rings is 2. The first-order chi connectivity index (χ1) is 6.92. The Hall–Kier alpha value is -1.83. The average Bonchev–Trinajstić information content (AvgIpc) is 2.26. The lowest BCUT2D eigenvalue weighted by atomic mass is 10.1. The summed E-state index contributed by atoms with van der Waals surface area (Å²) in [5.74, 6) is 0. The second-order valence-electron chi connectivity index (χ2n) is 3.02. The monoisotopic (exact) mass is 184 g/mol. The second kappa shape index (κ2) is 3.92. The van der Waals surface area contributed by atoms with Gasteiger partial charge in [0.05, 0.1) is 6.54 Å². The van der Waals surface area contributed by atoms with Crippen molar-refractivity contribution in [3.8, 4) is 0 Å². The van der Waals surface area contributed by atoms with Gasteiger partial charge in [0.1, 0.15) is 0 Å². The van der Waals surface area contributed by atoms with E-state index in [0.717, 1.165) is 11.1 Å². The highest BCUT2D eigenvalue weighted by Gasteiger charge is 1.97. The molecule has 2 aromatic rings. The van der Waals surface area contributed by atoms with E-state index in [1.807, 2.05) is 48.8 Å². The van der Waals surface area contributed by atoms with Crippen LogP contribution in [0.15, 0.2) is 42.5 Å². The molecule has 2 nitrogen and oxygen atoms in total. The zero-order chi connectivity index (χ0) is 9.80. The molecule has 14 heavy (non-hydrogen) atoms. The molecule has 2 rings (SSSR count). The molecule has 2 aromatic carbocycles. The van der Waals surface area contributed by atoms with Crippen LogP contribution in [0.25, 0.3) is 10.8 Å². The van der Waals surface area contributed by atoms with Crippen molar-refractivity contribution < 1.29 is 4.79 Å². The van der Waals surface area contributed by atoms with E-state index < -0.39 is 0 Å². The Morgan fingerprint density at radius 3 is 2.71 bits per heavy atom. The lowest BCUT2D eigenvalue weighted by molar-refractivity contribution is 0.557. The summed E-state index contributed by atoms with van der Waals surface area (Å²) >= 11 is 0. The molecule has 0 spiro atoms. The van der Waals surface area contributed by atoms with E-state index in [4.69, 9.17) is 0 Å². The molecule has 0 aliphatic rings. The molecule has 0 heterocycles. The summed E-state index contributed by atoms with van der Waals surface area (Å²) in [6, 6.07) is 14.0. The smallest absolute Gasteiger partial charge is 0.219 e. The van der Waals surface area contributed by atoms with Gasteiger partial charge in [-0.1, -0.05) is 36.4 Å². The summed E-state index contributed by atoms with van der Waals surface area (Å²) in [5.41, 5.74) is 0.978. The van der Waals surface area contributed by atoms with Gasteiger partial charge in [-0.3, -0.25) is 4.79 Å². The molecule has 0 bridgehead atoms. The van der Waals surface area contributed by atoms with E-state index in [1.54, 1.807) is 0 Å². The van der Waals surface area contributed by atoms with E-state index in [-0.39, 0.29) is 6.54 Å². The van der Waals surface area contributed by atoms with Gasteiger partial charge >= 0.3 is 0 Å². The van der Waals surface area contributed by atoms with Crippen molar-refractivity contribution in [2.45, 2.75) is 0 Å². The first-order valence-corrected chi connectivity index (χ1v) is 4.48. The molecular weight excluding hydrogens is 174 g/mol. The number of rotatable bonds is 3. The zero-order valence-corrected chi connectivity index (χ0v) is 7.66. The minimum Gasteiger partial charge on any atom is -0.377 e. The van der Waals surface area contributed by atoms with Crippen LogP contribution in [-0.4, -0.2) is 12.8 Å². The summed E-state index contributed by atoms with van der Waals surface area (Å²) < 4.78 is 0. The van der Waals surface area contributed by atoms with Gasteiger partial charge in [0.2, 0.25) is 6.29 Å². The Morgan fingerprint density at radius 2 is 1.86 bits per heavy atom. The van der Waals surface area contributed by atoms with Crippen LogP contribution >= 0.6 is 0 Å². The maximum atomic E-state index is 10.1. The first kappa shape index (κ1) is 8.75. The molecule has 0 amide bonds. The van der Waals surface area contributed by atoms with E-state index >= 15 is 0 Å². The first-order valence-electron chi connectivity index (χ1n) is 4.48. The molecule has 2 heteroatoms. The standard InChI is InChI=1S/C12H10NO/c14-9-8-13-12-7-3-5-10-4-1-2-6-11(10)12/h1-7,13H,8H2. The van der Waals surface area contributed by atoms with Gasteiger partial charge in [0.15, 0.2) is 0 Å². The van der Waals surface area contributed by atoms with Crippen LogP contribution in [0.3, 0.4) is 0 Å². The lowest BCUT2D eigenvalue weighted by Gasteiger charge is -2.06. The Morgan fingerprint density at radius 1 is 1.07 bits per heavy atom. The SMILES string of the molecule is O=[C]CNc1cccc2ccccc12. The summed E-state index contributed by atoms with van der Waals surface area (Å²) in [6.45, 7) is 0.230. The molecule has 0 fully saturated rings. The summed E-state index contributed by atoms with van der Waals surface area (Å²) in [7, 11) is 0. The van der Waals surface area contributed by atoms with Crippen LogP contribution in [0.4, 0.5) is 5.69 Å². The molecular formula is C12H10NO. The predicted octanol–water partition coefficient (Wildman–Crippen LogP) is 2.36. The van der Waals surface area contributed by atoms with Gasteiger partial charge in [0, 0.05) is 11.1 Å². The van der Waals surface area contributed by atoms with Crippen molar-refractivity contribution in [2.75, 3.05) is 11.9 Å². The predicted molar refractivity (Wildman–Crippen MR) is 58.1 cm³/mol. The summed E-state index contributed by atoms with van der Waals surface area (Å²) in [4.78, 5) is 10.1. The number of hydrogen-bond acceptors (Lipinski definition) is 2. The largest absolute Gasteiger partial charge is 0.377 e. The van der Waals surface area contributed by atoms with E-state index in [2.05, 4.69) is 5.32 Å². The number of anilines is 1. The fraction of sp³-hybridized carbons (Fsp3) is 0.0833. The van der Waals surface area contributed by atoms with Crippen molar-refractivity contribution in [2.24, 2.45) is 0 Å². The van der Waals surface area contributed by atoms with Crippen LogP contribution in [-0.2, 0) is 4.79 Å². The van der Waals surface area contributed by atoms with Crippen molar-refractivity contribution >= 4 is 22.7 Å². The van der Waals surface area contributed by atoms with Crippen LogP contribution in [0.1, 0.15) is 0 Å². The zero-order valence-electron chi connectivity index (χ0n) is 7.66. The fourth-order valence-electron chi connectivity index (χ4n) is 1.51. The molecule has 0 atom stereocenters. The molecule has 1 radical (unpaired) electrons. The Balaban J connectivity index is 2.48. The molecule has 69 valence electrons. The van der Waals surface area contributed by atoms with Gasteiger partial charge in [-0.05, 0) is 11.5 Å². The second-order valence-corrected chi connectivity index (χ2v) is 3.02. The molecule has 0 aliphatic carbocycles. The highest BCUT2D eigenvalue weighted by atomic mass is 16.1. The number of fused-ring (bicyclic) bond motifs is 1. The molecule has 0 saturated heterocycles. The number of nitrogens with one attached hydrogen (secondary N) is 1. The Labute approximate surface area is 82.6 Å². The van der Waals surface area contributed by atoms with Crippen molar-refractivity contribution in [1.29, 1.82) is 0 Å². The van der Waals surface area contributed by atoms with E-state index in [9.17, 15) is 4.79 Å². The van der Waals surface area contributed by atoms with Crippen LogP contribution in [0, 0.1) is 0 Å². The maximum Gasteiger partial charge on any atom is 0.219 e. The van der Waals surface area contributed by atoms with Crippen molar-refractivity contribution in [3.63, 3.8) is 0 Å². The Kier molecular flexibility index (Phi) is 2.45. The van der Waals surface area contributed by atoms with Crippen LogP contribution in [0.2, 0.25) is 0 Å². The molecule has 0 aliphatic heterocycles. The number of carbonyl (C=O) groups excluding carboxylic acids is 1. The molecule has 0 aromatic heterocycles.